The van der Waals surface area contributed by atoms with Crippen LogP contribution < -0.4 is 11.2 Å². The van der Waals surface area contributed by atoms with Gasteiger partial charge in [0.05, 0.1) is 12.0 Å². The lowest BCUT2D eigenvalue weighted by Crippen LogP contribution is -2.35. The normalized spacial score (nSPS) is 12.8. The highest BCUT2D eigenvalue weighted by atomic mass is 16.6. The summed E-state index contributed by atoms with van der Waals surface area (Å²) in [4.78, 5) is 15.9. The van der Waals surface area contributed by atoms with Gasteiger partial charge < -0.3 is 15.7 Å². The number of hydrogen-bond acceptors (Lipinski definition) is 4. The second kappa shape index (κ2) is 6.18. The smallest absolute Gasteiger partial charge is 0.309 e. The van der Waals surface area contributed by atoms with E-state index in [-0.39, 0.29) is 5.54 Å². The maximum atomic E-state index is 10.8. The van der Waals surface area contributed by atoms with E-state index >= 15 is 0 Å². The molecule has 16 heavy (non-hydrogen) atoms. The van der Waals surface area contributed by atoms with Gasteiger partial charge in [0.15, 0.2) is 0 Å². The Hall–Kier alpha value is -0.650. The number of aliphatic carboxylic acids is 1. The molecule has 0 aromatic carbocycles. The number of nitrogens with one attached hydrogen (secondary N) is 1. The van der Waals surface area contributed by atoms with E-state index in [1.54, 1.807) is 13.8 Å². The largest absolute Gasteiger partial charge is 0.481 e. The Morgan fingerprint density at radius 1 is 1.31 bits per heavy atom. The molecule has 0 aliphatic carbocycles. The van der Waals surface area contributed by atoms with Gasteiger partial charge in [-0.25, -0.2) is 5.48 Å². The van der Waals surface area contributed by atoms with Crippen LogP contribution in [0.25, 0.3) is 0 Å². The first kappa shape index (κ1) is 15.3. The average molecular weight is 232 g/mol. The summed E-state index contributed by atoms with van der Waals surface area (Å²) in [6.45, 7) is 8.30. The maximum Gasteiger partial charge on any atom is 0.309 e. The van der Waals surface area contributed by atoms with Gasteiger partial charge in [-0.15, -0.1) is 0 Å². The van der Waals surface area contributed by atoms with E-state index in [9.17, 15) is 4.79 Å². The molecule has 0 bridgehead atoms. The molecule has 0 unspecified atom stereocenters. The molecule has 5 heteroatoms. The van der Waals surface area contributed by atoms with Gasteiger partial charge >= 0.3 is 5.97 Å². The minimum Gasteiger partial charge on any atom is -0.481 e. The third-order valence-corrected chi connectivity index (χ3v) is 2.38. The monoisotopic (exact) mass is 232 g/mol. The van der Waals surface area contributed by atoms with Gasteiger partial charge in [-0.3, -0.25) is 4.79 Å². The van der Waals surface area contributed by atoms with Gasteiger partial charge in [-0.05, 0) is 40.5 Å². The quantitative estimate of drug-likeness (QED) is 0.431. The fraction of sp³-hybridized carbons (Fsp3) is 0.909. The van der Waals surface area contributed by atoms with Crippen molar-refractivity contribution in [3.05, 3.63) is 0 Å². The predicted octanol–water partition coefficient (Wildman–Crippen LogP) is 1.14. The molecule has 0 heterocycles. The number of carboxylic acid groups (broad SMARTS) is 1. The van der Waals surface area contributed by atoms with Gasteiger partial charge in [0.2, 0.25) is 0 Å². The van der Waals surface area contributed by atoms with Crippen LogP contribution in [0.1, 0.15) is 40.5 Å². The van der Waals surface area contributed by atoms with Crippen molar-refractivity contribution in [2.45, 2.75) is 46.1 Å². The number of hydrogen-bond donors (Lipinski definition) is 3. The first-order chi connectivity index (χ1) is 7.15. The van der Waals surface area contributed by atoms with Crippen LogP contribution in [0.15, 0.2) is 0 Å². The van der Waals surface area contributed by atoms with Crippen LogP contribution in [-0.2, 0) is 9.63 Å². The Kier molecular flexibility index (Phi) is 5.92. The number of carbonyl (C=O) groups is 1. The van der Waals surface area contributed by atoms with Crippen molar-refractivity contribution >= 4 is 5.97 Å². The van der Waals surface area contributed by atoms with Crippen molar-refractivity contribution in [2.75, 3.05) is 13.2 Å². The summed E-state index contributed by atoms with van der Waals surface area (Å²) in [5, 5.41) is 8.87. The van der Waals surface area contributed by atoms with E-state index in [0.29, 0.717) is 19.6 Å². The summed E-state index contributed by atoms with van der Waals surface area (Å²) in [6.07, 6.45) is 1.27. The van der Waals surface area contributed by atoms with Crippen LogP contribution in [0.4, 0.5) is 0 Å². The number of rotatable bonds is 8. The van der Waals surface area contributed by atoms with Crippen LogP contribution in [0.5, 0.6) is 0 Å². The molecule has 0 aliphatic rings. The Labute approximate surface area is 97.3 Å². The molecule has 0 saturated heterocycles. The van der Waals surface area contributed by atoms with Gasteiger partial charge in [-0.2, -0.15) is 0 Å². The second-order valence-corrected chi connectivity index (χ2v) is 5.42. The Morgan fingerprint density at radius 2 is 1.88 bits per heavy atom. The first-order valence-electron chi connectivity index (χ1n) is 5.52. The molecule has 0 saturated carbocycles. The van der Waals surface area contributed by atoms with Crippen LogP contribution >= 0.6 is 0 Å². The molecule has 0 fully saturated rings. The molecular weight excluding hydrogens is 208 g/mol. The molecule has 96 valence electrons. The minimum atomic E-state index is -0.794. The zero-order valence-electron chi connectivity index (χ0n) is 10.7. The molecule has 0 atom stereocenters. The summed E-state index contributed by atoms with van der Waals surface area (Å²) in [5.74, 6) is -0.794. The molecule has 5 nitrogen and oxygen atoms in total. The number of nitrogens with two attached hydrogens (primary N) is 1. The lowest BCUT2D eigenvalue weighted by atomic mass is 9.90. The van der Waals surface area contributed by atoms with Gasteiger partial charge in [0.1, 0.15) is 0 Å². The molecule has 0 rings (SSSR count). The predicted molar refractivity (Wildman–Crippen MR) is 62.9 cm³/mol. The van der Waals surface area contributed by atoms with Crippen LogP contribution in [0.2, 0.25) is 0 Å². The lowest BCUT2D eigenvalue weighted by molar-refractivity contribution is -0.147. The summed E-state index contributed by atoms with van der Waals surface area (Å²) in [7, 11) is 0. The van der Waals surface area contributed by atoms with E-state index in [0.717, 1.165) is 6.42 Å². The minimum absolute atomic E-state index is 0.234. The molecular formula is C11H24N2O3. The number of hydroxylamine groups is 1. The summed E-state index contributed by atoms with van der Waals surface area (Å²) >= 11 is 0. The molecule has 0 aromatic rings. The Bertz CT molecular complexity index is 222. The average Bonchev–Trinajstić information content (AvgIpc) is 2.09. The maximum absolute atomic E-state index is 10.8. The van der Waals surface area contributed by atoms with Crippen molar-refractivity contribution in [2.24, 2.45) is 11.1 Å². The standard InChI is InChI=1S/C11H24N2O3/c1-10(2,9(14)15)5-7-13-16-8-6-11(3,4)12/h13H,5-8,12H2,1-4H3,(H,14,15). The third kappa shape index (κ3) is 7.62. The molecule has 4 N–H and O–H groups in total. The highest BCUT2D eigenvalue weighted by Crippen LogP contribution is 2.19. The van der Waals surface area contributed by atoms with Crippen molar-refractivity contribution in [3.63, 3.8) is 0 Å². The van der Waals surface area contributed by atoms with Crippen LogP contribution in [0, 0.1) is 5.41 Å². The van der Waals surface area contributed by atoms with Crippen LogP contribution in [-0.4, -0.2) is 29.8 Å². The molecule has 0 aromatic heterocycles. The first-order valence-corrected chi connectivity index (χ1v) is 5.52. The number of carboxylic acids is 1. The van der Waals surface area contributed by atoms with Crippen molar-refractivity contribution in [3.8, 4) is 0 Å². The topological polar surface area (TPSA) is 84.6 Å². The summed E-state index contributed by atoms with van der Waals surface area (Å²) in [5.41, 5.74) is 7.57. The van der Waals surface area contributed by atoms with E-state index < -0.39 is 11.4 Å². The summed E-state index contributed by atoms with van der Waals surface area (Å²) in [6, 6.07) is 0. The third-order valence-electron chi connectivity index (χ3n) is 2.38. The van der Waals surface area contributed by atoms with E-state index in [1.807, 2.05) is 13.8 Å². The van der Waals surface area contributed by atoms with Crippen molar-refractivity contribution < 1.29 is 14.7 Å². The van der Waals surface area contributed by atoms with E-state index in [2.05, 4.69) is 5.48 Å². The van der Waals surface area contributed by atoms with Crippen molar-refractivity contribution in [1.29, 1.82) is 0 Å². The molecule has 0 radical (unpaired) electrons. The molecule has 0 aliphatic heterocycles. The summed E-state index contributed by atoms with van der Waals surface area (Å²) < 4.78 is 0. The van der Waals surface area contributed by atoms with Gasteiger partial charge in [-0.1, -0.05) is 0 Å². The highest BCUT2D eigenvalue weighted by Gasteiger charge is 2.26. The van der Waals surface area contributed by atoms with Gasteiger partial charge in [0.25, 0.3) is 0 Å². The second-order valence-electron chi connectivity index (χ2n) is 5.42. The van der Waals surface area contributed by atoms with Gasteiger partial charge in [0, 0.05) is 12.1 Å². The zero-order valence-corrected chi connectivity index (χ0v) is 10.7. The van der Waals surface area contributed by atoms with Crippen LogP contribution in [0.3, 0.4) is 0 Å². The Morgan fingerprint density at radius 3 is 2.31 bits per heavy atom. The fourth-order valence-corrected chi connectivity index (χ4v) is 0.929. The lowest BCUT2D eigenvalue weighted by Gasteiger charge is -2.20. The van der Waals surface area contributed by atoms with E-state index in [4.69, 9.17) is 15.7 Å². The SMILES string of the molecule is CC(C)(N)CCONCCC(C)(C)C(=O)O. The zero-order chi connectivity index (χ0) is 12.8. The highest BCUT2D eigenvalue weighted by molar-refractivity contribution is 5.73. The van der Waals surface area contributed by atoms with Crippen molar-refractivity contribution in [1.82, 2.24) is 5.48 Å². The van der Waals surface area contributed by atoms with E-state index in [1.165, 1.54) is 0 Å². The Balaban J connectivity index is 3.52. The molecule has 0 amide bonds. The molecule has 0 spiro atoms. The fourth-order valence-electron chi connectivity index (χ4n) is 0.929.